The second-order valence-corrected chi connectivity index (χ2v) is 9.14. The lowest BCUT2D eigenvalue weighted by Gasteiger charge is -2.34. The van der Waals surface area contributed by atoms with E-state index in [-0.39, 0.29) is 18.2 Å². The molecule has 5 heteroatoms. The normalized spacial score (nSPS) is 18.2. The quantitative estimate of drug-likeness (QED) is 0.591. The number of likely N-dealkylation sites (tertiary alicyclic amines) is 1. The average Bonchev–Trinajstić information content (AvgIpc) is 3.15. The molecule has 5 nitrogen and oxygen atoms in total. The van der Waals surface area contributed by atoms with Crippen molar-refractivity contribution in [3.05, 3.63) is 59.8 Å². The van der Waals surface area contributed by atoms with E-state index < -0.39 is 5.60 Å². The first-order valence-electron chi connectivity index (χ1n) is 11.0. The van der Waals surface area contributed by atoms with Crippen LogP contribution in [0.2, 0.25) is 0 Å². The molecule has 162 valence electrons. The zero-order chi connectivity index (χ0) is 21.7. The maximum atomic E-state index is 13.1. The van der Waals surface area contributed by atoms with Crippen molar-refractivity contribution in [2.24, 2.45) is 0 Å². The van der Waals surface area contributed by atoms with Gasteiger partial charge in [0, 0.05) is 30.4 Å². The number of carbonyl (C=O) groups excluding carboxylic acids is 1. The van der Waals surface area contributed by atoms with Crippen LogP contribution in [0.3, 0.4) is 0 Å². The van der Waals surface area contributed by atoms with Crippen LogP contribution in [0, 0.1) is 0 Å². The number of aromatic nitrogens is 1. The van der Waals surface area contributed by atoms with Crippen molar-refractivity contribution in [2.75, 3.05) is 11.4 Å². The zero-order valence-corrected chi connectivity index (χ0v) is 19.0. The van der Waals surface area contributed by atoms with E-state index in [0.717, 1.165) is 43.7 Å². The van der Waals surface area contributed by atoms with Gasteiger partial charge >= 0.3 is 6.09 Å². The number of anilines is 1. The predicted octanol–water partition coefficient (Wildman–Crippen LogP) is 5.96. The molecule has 1 saturated heterocycles. The molecule has 0 bridgehead atoms. The Morgan fingerprint density at radius 1 is 1.23 bits per heavy atom. The Kier molecular flexibility index (Phi) is 7.14. The summed E-state index contributed by atoms with van der Waals surface area (Å²) >= 11 is 0. The topological polar surface area (TPSA) is 45.7 Å². The Morgan fingerprint density at radius 2 is 1.97 bits per heavy atom. The monoisotopic (exact) mass is 409 g/mol. The van der Waals surface area contributed by atoms with Crippen molar-refractivity contribution < 1.29 is 9.53 Å². The number of carbonyl (C=O) groups is 1. The maximum absolute atomic E-state index is 13.1. The van der Waals surface area contributed by atoms with Gasteiger partial charge in [-0.1, -0.05) is 43.3 Å². The molecule has 1 fully saturated rings. The van der Waals surface area contributed by atoms with E-state index in [4.69, 9.17) is 4.74 Å². The summed E-state index contributed by atoms with van der Waals surface area (Å²) in [7, 11) is 0. The van der Waals surface area contributed by atoms with Crippen LogP contribution < -0.4 is 4.90 Å². The molecule has 2 aromatic rings. The van der Waals surface area contributed by atoms with E-state index >= 15 is 0 Å². The Hall–Kier alpha value is -2.40. The first-order valence-corrected chi connectivity index (χ1v) is 11.0. The lowest BCUT2D eigenvalue weighted by molar-refractivity contribution is 0.0565. The van der Waals surface area contributed by atoms with Gasteiger partial charge in [0.15, 0.2) is 0 Å². The lowest BCUT2D eigenvalue weighted by atomic mass is 10.0. The van der Waals surface area contributed by atoms with Crippen LogP contribution in [0.4, 0.5) is 10.6 Å². The molecule has 1 amide bonds. The van der Waals surface area contributed by atoms with Gasteiger partial charge in [-0.2, -0.15) is 0 Å². The SMILES string of the molecule is CCC(C)N(C(=O)OC(C)(C)C)c1ncccc1C1CCCN1Cc1ccccc1. The van der Waals surface area contributed by atoms with Gasteiger partial charge in [-0.25, -0.2) is 9.78 Å². The van der Waals surface area contributed by atoms with E-state index in [1.54, 1.807) is 11.1 Å². The molecule has 2 atom stereocenters. The molecule has 0 spiro atoms. The van der Waals surface area contributed by atoms with E-state index in [9.17, 15) is 4.79 Å². The first kappa shape index (κ1) is 22.3. The van der Waals surface area contributed by atoms with Crippen LogP contribution in [0.25, 0.3) is 0 Å². The van der Waals surface area contributed by atoms with Crippen LogP contribution in [0.5, 0.6) is 0 Å². The van der Waals surface area contributed by atoms with E-state index in [2.05, 4.69) is 60.1 Å². The molecule has 2 unspecified atom stereocenters. The second-order valence-electron chi connectivity index (χ2n) is 9.14. The van der Waals surface area contributed by atoms with E-state index in [0.29, 0.717) is 0 Å². The fourth-order valence-corrected chi connectivity index (χ4v) is 4.03. The first-order chi connectivity index (χ1) is 14.3. The minimum Gasteiger partial charge on any atom is -0.443 e. The van der Waals surface area contributed by atoms with Crippen LogP contribution in [0.1, 0.15) is 71.0 Å². The molecule has 1 aromatic carbocycles. The van der Waals surface area contributed by atoms with E-state index in [1.165, 1.54) is 5.56 Å². The Labute approximate surface area is 181 Å². The van der Waals surface area contributed by atoms with Crippen LogP contribution in [-0.2, 0) is 11.3 Å². The summed E-state index contributed by atoms with van der Waals surface area (Å²) in [4.78, 5) is 22.1. The fourth-order valence-electron chi connectivity index (χ4n) is 4.03. The average molecular weight is 410 g/mol. The van der Waals surface area contributed by atoms with Gasteiger partial charge in [-0.15, -0.1) is 0 Å². The summed E-state index contributed by atoms with van der Waals surface area (Å²) < 4.78 is 5.75. The zero-order valence-electron chi connectivity index (χ0n) is 19.0. The highest BCUT2D eigenvalue weighted by Crippen LogP contribution is 2.38. The van der Waals surface area contributed by atoms with Gasteiger partial charge in [-0.05, 0) is 65.1 Å². The summed E-state index contributed by atoms with van der Waals surface area (Å²) in [6, 6.07) is 14.9. The molecule has 1 aliphatic heterocycles. The van der Waals surface area contributed by atoms with Gasteiger partial charge in [-0.3, -0.25) is 9.80 Å². The summed E-state index contributed by atoms with van der Waals surface area (Å²) in [5.74, 6) is 0.728. The molecular weight excluding hydrogens is 374 g/mol. The third-order valence-corrected chi connectivity index (χ3v) is 5.62. The second kappa shape index (κ2) is 9.61. The van der Waals surface area contributed by atoms with Crippen molar-refractivity contribution in [2.45, 2.75) is 78.1 Å². The van der Waals surface area contributed by atoms with Crippen LogP contribution in [0.15, 0.2) is 48.7 Å². The van der Waals surface area contributed by atoms with Crippen LogP contribution in [-0.4, -0.2) is 34.2 Å². The molecule has 0 radical (unpaired) electrons. The van der Waals surface area contributed by atoms with Crippen molar-refractivity contribution in [1.82, 2.24) is 9.88 Å². The van der Waals surface area contributed by atoms with Crippen molar-refractivity contribution in [3.8, 4) is 0 Å². The number of ether oxygens (including phenoxy) is 1. The summed E-state index contributed by atoms with van der Waals surface area (Å²) in [6.45, 7) is 11.8. The van der Waals surface area contributed by atoms with Crippen molar-refractivity contribution in [1.29, 1.82) is 0 Å². The Bertz CT molecular complexity index is 832. The highest BCUT2D eigenvalue weighted by Gasteiger charge is 2.34. The van der Waals surface area contributed by atoms with Crippen LogP contribution >= 0.6 is 0 Å². The molecule has 0 aliphatic carbocycles. The smallest absolute Gasteiger partial charge is 0.416 e. The number of hydrogen-bond donors (Lipinski definition) is 0. The Balaban J connectivity index is 1.93. The molecule has 1 aliphatic rings. The number of nitrogens with zero attached hydrogens (tertiary/aromatic N) is 3. The van der Waals surface area contributed by atoms with Gasteiger partial charge in [0.2, 0.25) is 0 Å². The maximum Gasteiger partial charge on any atom is 0.416 e. The number of benzene rings is 1. The molecule has 2 heterocycles. The highest BCUT2D eigenvalue weighted by molar-refractivity contribution is 5.88. The number of rotatable bonds is 6. The standard InChI is InChI=1S/C25H35N3O2/c1-6-19(2)28(24(29)30-25(3,4)5)23-21(14-10-16-26-23)22-15-11-17-27(22)18-20-12-8-7-9-13-20/h7-10,12-14,16,19,22H,6,11,15,17-18H2,1-5H3. The minimum atomic E-state index is -0.551. The predicted molar refractivity (Wildman–Crippen MR) is 122 cm³/mol. The van der Waals surface area contributed by atoms with Gasteiger partial charge in [0.1, 0.15) is 11.4 Å². The lowest BCUT2D eigenvalue weighted by Crippen LogP contribution is -2.43. The third-order valence-electron chi connectivity index (χ3n) is 5.62. The van der Waals surface area contributed by atoms with E-state index in [1.807, 2.05) is 26.8 Å². The van der Waals surface area contributed by atoms with Crippen molar-refractivity contribution in [3.63, 3.8) is 0 Å². The molecular formula is C25H35N3O2. The molecule has 1 aromatic heterocycles. The molecule has 0 saturated carbocycles. The fraction of sp³-hybridized carbons (Fsp3) is 0.520. The molecule has 30 heavy (non-hydrogen) atoms. The van der Waals surface area contributed by atoms with Gasteiger partial charge < -0.3 is 4.74 Å². The summed E-state index contributed by atoms with van der Waals surface area (Å²) in [5, 5.41) is 0. The number of amides is 1. The van der Waals surface area contributed by atoms with Crippen molar-refractivity contribution >= 4 is 11.9 Å². The third kappa shape index (κ3) is 5.39. The largest absolute Gasteiger partial charge is 0.443 e. The van der Waals surface area contributed by atoms with Gasteiger partial charge in [0.05, 0.1) is 0 Å². The summed E-state index contributed by atoms with van der Waals surface area (Å²) in [6.07, 6.45) is 4.47. The highest BCUT2D eigenvalue weighted by atomic mass is 16.6. The molecule has 3 rings (SSSR count). The van der Waals surface area contributed by atoms with Gasteiger partial charge in [0.25, 0.3) is 0 Å². The number of hydrogen-bond acceptors (Lipinski definition) is 4. The summed E-state index contributed by atoms with van der Waals surface area (Å²) in [5.41, 5.74) is 1.86. The minimum absolute atomic E-state index is 0.00234. The Morgan fingerprint density at radius 3 is 2.63 bits per heavy atom. The number of pyridine rings is 1. The molecule has 0 N–H and O–H groups in total.